The van der Waals surface area contributed by atoms with Crippen molar-refractivity contribution < 1.29 is 27.5 Å². The molecule has 0 aliphatic rings. The normalized spacial score (nSPS) is 11.6. The maximum atomic E-state index is 12.9. The Labute approximate surface area is 123 Å². The van der Waals surface area contributed by atoms with Gasteiger partial charge in [-0.05, 0) is 30.3 Å². The number of carbonyl (C=O) groups is 1. The Morgan fingerprint density at radius 3 is 2.50 bits per heavy atom. The molecule has 1 aromatic heterocycles. The summed E-state index contributed by atoms with van der Waals surface area (Å²) in [6.07, 6.45) is -4.51. The van der Waals surface area contributed by atoms with Crippen molar-refractivity contribution in [1.82, 2.24) is 0 Å². The van der Waals surface area contributed by atoms with Crippen LogP contribution >= 0.6 is 27.7 Å². The van der Waals surface area contributed by atoms with E-state index in [0.717, 1.165) is 17.8 Å². The average molecular weight is 367 g/mol. The average Bonchev–Trinajstić information content (AvgIpc) is 2.79. The van der Waals surface area contributed by atoms with E-state index in [1.54, 1.807) is 0 Å². The molecule has 0 spiro atoms. The molecule has 0 unspecified atom stereocenters. The van der Waals surface area contributed by atoms with Gasteiger partial charge in [-0.25, -0.2) is 4.79 Å². The monoisotopic (exact) mass is 366 g/mol. The van der Waals surface area contributed by atoms with Crippen LogP contribution in [0.1, 0.15) is 16.1 Å². The number of carboxylic acids is 1. The van der Waals surface area contributed by atoms with Crippen LogP contribution < -0.4 is 0 Å². The zero-order chi connectivity index (χ0) is 14.9. The fourth-order valence-corrected chi connectivity index (χ4v) is 2.68. The van der Waals surface area contributed by atoms with Gasteiger partial charge >= 0.3 is 12.1 Å². The largest absolute Gasteiger partial charge is 0.475 e. The van der Waals surface area contributed by atoms with Gasteiger partial charge < -0.3 is 9.52 Å². The first-order chi connectivity index (χ1) is 9.27. The third-order valence-corrected chi connectivity index (χ3v) is 3.74. The highest BCUT2D eigenvalue weighted by Crippen LogP contribution is 2.41. The molecule has 8 heteroatoms. The van der Waals surface area contributed by atoms with Gasteiger partial charge in [-0.15, -0.1) is 0 Å². The van der Waals surface area contributed by atoms with Gasteiger partial charge in [-0.1, -0.05) is 27.7 Å². The summed E-state index contributed by atoms with van der Waals surface area (Å²) in [6.45, 7) is 0. The van der Waals surface area contributed by atoms with Gasteiger partial charge in [0, 0.05) is 9.37 Å². The van der Waals surface area contributed by atoms with Crippen LogP contribution in [0.3, 0.4) is 0 Å². The van der Waals surface area contributed by atoms with Crippen LogP contribution in [-0.4, -0.2) is 11.1 Å². The smallest absolute Gasteiger partial charge is 0.417 e. The van der Waals surface area contributed by atoms with Crippen molar-refractivity contribution >= 4 is 33.7 Å². The number of carboxylic acid groups (broad SMARTS) is 1. The predicted octanol–water partition coefficient (Wildman–Crippen LogP) is 4.91. The minimum atomic E-state index is -4.51. The van der Waals surface area contributed by atoms with Gasteiger partial charge in [-0.3, -0.25) is 0 Å². The first kappa shape index (κ1) is 15.0. The zero-order valence-electron chi connectivity index (χ0n) is 9.57. The number of hydrogen-bond donors (Lipinski definition) is 1. The SMILES string of the molecule is O=C(O)c1ccc(Sc2ccc(Br)cc2C(F)(F)F)o1. The molecule has 0 saturated carbocycles. The fourth-order valence-electron chi connectivity index (χ4n) is 1.41. The van der Waals surface area contributed by atoms with Crippen LogP contribution in [0, 0.1) is 0 Å². The van der Waals surface area contributed by atoms with Gasteiger partial charge in [0.2, 0.25) is 5.76 Å². The summed E-state index contributed by atoms with van der Waals surface area (Å²) < 4.78 is 44.0. The number of furan rings is 1. The molecule has 0 radical (unpaired) electrons. The third kappa shape index (κ3) is 3.37. The first-order valence-electron chi connectivity index (χ1n) is 5.15. The van der Waals surface area contributed by atoms with Crippen molar-refractivity contribution in [3.05, 3.63) is 46.1 Å². The Bertz CT molecular complexity index is 652. The Balaban J connectivity index is 2.35. The van der Waals surface area contributed by atoms with E-state index in [2.05, 4.69) is 15.9 Å². The molecule has 2 rings (SSSR count). The lowest BCUT2D eigenvalue weighted by Crippen LogP contribution is -2.06. The highest BCUT2D eigenvalue weighted by atomic mass is 79.9. The molecule has 1 heterocycles. The van der Waals surface area contributed by atoms with E-state index in [-0.39, 0.29) is 15.7 Å². The molecule has 1 N–H and O–H groups in total. The predicted molar refractivity (Wildman–Crippen MR) is 68.9 cm³/mol. The van der Waals surface area contributed by atoms with Crippen molar-refractivity contribution in [1.29, 1.82) is 0 Å². The van der Waals surface area contributed by atoms with E-state index < -0.39 is 17.7 Å². The Morgan fingerprint density at radius 2 is 1.95 bits per heavy atom. The second kappa shape index (κ2) is 5.53. The molecule has 106 valence electrons. The molecule has 0 fully saturated rings. The molecular weight excluding hydrogens is 361 g/mol. The molecule has 1 aromatic carbocycles. The summed E-state index contributed by atoms with van der Waals surface area (Å²) in [7, 11) is 0. The number of halogens is 4. The highest BCUT2D eigenvalue weighted by Gasteiger charge is 2.34. The molecule has 0 bridgehead atoms. The summed E-state index contributed by atoms with van der Waals surface area (Å²) in [5.41, 5.74) is -0.815. The maximum absolute atomic E-state index is 12.9. The second-order valence-electron chi connectivity index (χ2n) is 3.66. The summed E-state index contributed by atoms with van der Waals surface area (Å²) in [6, 6.07) is 6.23. The van der Waals surface area contributed by atoms with Gasteiger partial charge in [-0.2, -0.15) is 13.2 Å². The Kier molecular flexibility index (Phi) is 4.14. The number of hydrogen-bond acceptors (Lipinski definition) is 3. The molecule has 0 saturated heterocycles. The lowest BCUT2D eigenvalue weighted by molar-refractivity contribution is -0.139. The molecule has 2 aromatic rings. The lowest BCUT2D eigenvalue weighted by atomic mass is 10.2. The van der Waals surface area contributed by atoms with Crippen LogP contribution in [0.4, 0.5) is 13.2 Å². The van der Waals surface area contributed by atoms with Crippen LogP contribution in [0.5, 0.6) is 0 Å². The molecule has 0 aliphatic carbocycles. The standard InChI is InChI=1S/C12H6BrF3O3S/c13-6-1-3-9(7(5-6)12(14,15)16)20-10-4-2-8(19-10)11(17)18/h1-5H,(H,17,18). The van der Waals surface area contributed by atoms with E-state index in [0.29, 0.717) is 4.47 Å². The van der Waals surface area contributed by atoms with E-state index in [9.17, 15) is 18.0 Å². The quantitative estimate of drug-likeness (QED) is 0.838. The first-order valence-corrected chi connectivity index (χ1v) is 6.76. The van der Waals surface area contributed by atoms with Crippen LogP contribution in [0.15, 0.2) is 49.2 Å². The van der Waals surface area contributed by atoms with Crippen molar-refractivity contribution in [3.63, 3.8) is 0 Å². The Morgan fingerprint density at radius 1 is 1.25 bits per heavy atom. The molecule has 20 heavy (non-hydrogen) atoms. The number of alkyl halides is 3. The Hall–Kier alpha value is -1.41. The van der Waals surface area contributed by atoms with Gasteiger partial charge in [0.05, 0.1) is 5.56 Å². The van der Waals surface area contributed by atoms with Crippen molar-refractivity contribution in [2.24, 2.45) is 0 Å². The summed E-state index contributed by atoms with van der Waals surface area (Å²) >= 11 is 3.70. The minimum absolute atomic E-state index is 0.0630. The highest BCUT2D eigenvalue weighted by molar-refractivity contribution is 9.10. The maximum Gasteiger partial charge on any atom is 0.417 e. The molecular formula is C12H6BrF3O3S. The second-order valence-corrected chi connectivity index (χ2v) is 5.63. The molecule has 3 nitrogen and oxygen atoms in total. The van der Waals surface area contributed by atoms with E-state index in [4.69, 9.17) is 9.52 Å². The van der Waals surface area contributed by atoms with Crippen molar-refractivity contribution in [2.45, 2.75) is 16.2 Å². The van der Waals surface area contributed by atoms with Gasteiger partial charge in [0.15, 0.2) is 5.09 Å². The summed E-state index contributed by atoms with van der Waals surface area (Å²) in [5.74, 6) is -1.60. The van der Waals surface area contributed by atoms with E-state index in [1.807, 2.05) is 0 Å². The van der Waals surface area contributed by atoms with Crippen LogP contribution in [-0.2, 0) is 6.18 Å². The lowest BCUT2D eigenvalue weighted by Gasteiger charge is -2.11. The fraction of sp³-hybridized carbons (Fsp3) is 0.0833. The zero-order valence-corrected chi connectivity index (χ0v) is 12.0. The summed E-state index contributed by atoms with van der Waals surface area (Å²) in [5, 5.41) is 8.77. The number of aromatic carboxylic acids is 1. The molecule has 0 amide bonds. The molecule has 0 atom stereocenters. The van der Waals surface area contributed by atoms with Crippen LogP contribution in [0.2, 0.25) is 0 Å². The van der Waals surface area contributed by atoms with Gasteiger partial charge in [0.25, 0.3) is 0 Å². The topological polar surface area (TPSA) is 50.4 Å². The van der Waals surface area contributed by atoms with Crippen molar-refractivity contribution in [2.75, 3.05) is 0 Å². The van der Waals surface area contributed by atoms with Crippen LogP contribution in [0.25, 0.3) is 0 Å². The summed E-state index contributed by atoms with van der Waals surface area (Å²) in [4.78, 5) is 10.6. The number of benzene rings is 1. The molecule has 0 aliphatic heterocycles. The van der Waals surface area contributed by atoms with Crippen molar-refractivity contribution in [3.8, 4) is 0 Å². The third-order valence-electron chi connectivity index (χ3n) is 2.25. The van der Waals surface area contributed by atoms with E-state index in [1.165, 1.54) is 24.3 Å². The van der Waals surface area contributed by atoms with Gasteiger partial charge in [0.1, 0.15) is 0 Å². The number of rotatable bonds is 3. The van der Waals surface area contributed by atoms with E-state index >= 15 is 0 Å². The minimum Gasteiger partial charge on any atom is -0.475 e.